The van der Waals surface area contributed by atoms with Gasteiger partial charge in [-0.2, -0.15) is 0 Å². The zero-order chi connectivity index (χ0) is 13.9. The summed E-state index contributed by atoms with van der Waals surface area (Å²) < 4.78 is 13.2. The maximum Gasteiger partial charge on any atom is 0.228 e. The van der Waals surface area contributed by atoms with E-state index in [2.05, 4.69) is 24.8 Å². The van der Waals surface area contributed by atoms with E-state index in [0.717, 1.165) is 31.9 Å². The summed E-state index contributed by atoms with van der Waals surface area (Å²) in [5, 5.41) is 0.155. The second-order valence-corrected chi connectivity index (χ2v) is 4.92. The molecule has 3 rings (SSSR count). The van der Waals surface area contributed by atoms with E-state index in [9.17, 15) is 4.39 Å². The summed E-state index contributed by atoms with van der Waals surface area (Å²) in [6.45, 7) is 3.24. The van der Waals surface area contributed by atoms with Crippen LogP contribution < -0.4 is 9.80 Å². The highest BCUT2D eigenvalue weighted by atomic mass is 35.5. The van der Waals surface area contributed by atoms with Crippen molar-refractivity contribution >= 4 is 23.2 Å². The molecule has 1 aromatic heterocycles. The summed E-state index contributed by atoms with van der Waals surface area (Å²) in [4.78, 5) is 16.4. The van der Waals surface area contributed by atoms with E-state index in [0.29, 0.717) is 5.95 Å². The monoisotopic (exact) mass is 293 g/mol. The smallest absolute Gasteiger partial charge is 0.228 e. The Hall–Kier alpha value is -1.95. The van der Waals surface area contributed by atoms with Crippen LogP contribution in [0.4, 0.5) is 16.0 Å². The summed E-state index contributed by atoms with van der Waals surface area (Å²) >= 11 is 5.82. The molecule has 0 amide bonds. The van der Waals surface area contributed by atoms with Gasteiger partial charge in [-0.25, -0.2) is 19.3 Å². The summed E-state index contributed by atoms with van der Waals surface area (Å²) in [6, 6.07) is 4.81. The van der Waals surface area contributed by atoms with Gasteiger partial charge in [0, 0.05) is 31.9 Å². The minimum absolute atomic E-state index is 0.155. The third-order valence-electron chi connectivity index (χ3n) is 3.31. The molecule has 0 N–H and O–H groups in total. The molecular weight excluding hydrogens is 281 g/mol. The van der Waals surface area contributed by atoms with Gasteiger partial charge in [-0.05, 0) is 18.2 Å². The van der Waals surface area contributed by atoms with E-state index < -0.39 is 0 Å². The summed E-state index contributed by atoms with van der Waals surface area (Å²) in [5.41, 5.74) is 0.937. The summed E-state index contributed by atoms with van der Waals surface area (Å²) in [7, 11) is 0. The van der Waals surface area contributed by atoms with E-state index in [1.807, 2.05) is 0 Å². The first-order valence-corrected chi connectivity index (χ1v) is 6.69. The Kier molecular flexibility index (Phi) is 3.64. The summed E-state index contributed by atoms with van der Waals surface area (Å²) in [6.07, 6.45) is 2.99. The highest BCUT2D eigenvalue weighted by Crippen LogP contribution is 2.24. The molecule has 1 aromatic carbocycles. The lowest BCUT2D eigenvalue weighted by Gasteiger charge is -2.36. The molecule has 1 saturated heterocycles. The fourth-order valence-electron chi connectivity index (χ4n) is 2.24. The molecule has 2 heterocycles. The van der Waals surface area contributed by atoms with Crippen LogP contribution in [0.1, 0.15) is 0 Å². The lowest BCUT2D eigenvalue weighted by Crippen LogP contribution is -2.47. The molecule has 0 unspecified atom stereocenters. The van der Waals surface area contributed by atoms with Crippen LogP contribution in [0, 0.1) is 5.82 Å². The molecule has 0 radical (unpaired) electrons. The predicted octanol–water partition coefficient (Wildman–Crippen LogP) is 1.99. The third-order valence-corrected chi connectivity index (χ3v) is 3.60. The maximum atomic E-state index is 13.2. The van der Waals surface area contributed by atoms with Crippen LogP contribution in [-0.2, 0) is 0 Å². The molecule has 2 aromatic rings. The number of nitrogens with zero attached hydrogens (tertiary/aromatic N) is 5. The van der Waals surface area contributed by atoms with Gasteiger partial charge < -0.3 is 9.80 Å². The molecule has 0 atom stereocenters. The van der Waals surface area contributed by atoms with Crippen molar-refractivity contribution < 1.29 is 4.39 Å². The number of rotatable bonds is 2. The molecule has 5 nitrogen and oxygen atoms in total. The normalized spacial score (nSPS) is 15.5. The number of anilines is 2. The van der Waals surface area contributed by atoms with Crippen LogP contribution in [0.2, 0.25) is 5.02 Å². The fourth-order valence-corrected chi connectivity index (χ4v) is 2.42. The second-order valence-electron chi connectivity index (χ2n) is 4.51. The molecule has 0 saturated carbocycles. The average Bonchev–Trinajstić information content (AvgIpc) is 2.51. The van der Waals surface area contributed by atoms with Crippen molar-refractivity contribution in [2.24, 2.45) is 0 Å². The molecule has 1 aliphatic heterocycles. The largest absolute Gasteiger partial charge is 0.368 e. The van der Waals surface area contributed by atoms with Gasteiger partial charge in [0.05, 0.1) is 5.02 Å². The Morgan fingerprint density at radius 3 is 2.30 bits per heavy atom. The van der Waals surface area contributed by atoms with Gasteiger partial charge in [-0.15, -0.1) is 0 Å². The van der Waals surface area contributed by atoms with E-state index >= 15 is 0 Å². The van der Waals surface area contributed by atoms with Crippen molar-refractivity contribution in [3.05, 3.63) is 41.7 Å². The molecule has 1 fully saturated rings. The Bertz CT molecular complexity index is 587. The van der Waals surface area contributed by atoms with Crippen LogP contribution in [0.3, 0.4) is 0 Å². The van der Waals surface area contributed by atoms with E-state index in [1.165, 1.54) is 18.7 Å². The van der Waals surface area contributed by atoms with Gasteiger partial charge in [0.15, 0.2) is 0 Å². The Labute approximate surface area is 121 Å². The number of benzene rings is 1. The second kappa shape index (κ2) is 5.58. The number of piperazine rings is 1. The average molecular weight is 294 g/mol. The predicted molar refractivity (Wildman–Crippen MR) is 75.7 cm³/mol. The first kappa shape index (κ1) is 13.1. The molecule has 0 spiro atoms. The minimum Gasteiger partial charge on any atom is -0.368 e. The quantitative estimate of drug-likeness (QED) is 0.847. The van der Waals surface area contributed by atoms with Gasteiger partial charge in [0.1, 0.15) is 18.5 Å². The van der Waals surface area contributed by atoms with E-state index in [1.54, 1.807) is 12.1 Å². The lowest BCUT2D eigenvalue weighted by atomic mass is 10.2. The fraction of sp³-hybridized carbons (Fsp3) is 0.308. The van der Waals surface area contributed by atoms with Crippen molar-refractivity contribution in [2.75, 3.05) is 36.0 Å². The summed E-state index contributed by atoms with van der Waals surface area (Å²) in [5.74, 6) is 0.302. The molecule has 7 heteroatoms. The molecule has 0 aliphatic carbocycles. The zero-order valence-corrected chi connectivity index (χ0v) is 11.5. The highest BCUT2D eigenvalue weighted by molar-refractivity contribution is 6.31. The van der Waals surface area contributed by atoms with Gasteiger partial charge in [-0.3, -0.25) is 0 Å². The molecular formula is C13H13ClFN5. The Balaban J connectivity index is 1.68. The topological polar surface area (TPSA) is 45.2 Å². The first-order chi connectivity index (χ1) is 9.74. The van der Waals surface area contributed by atoms with Crippen molar-refractivity contribution in [2.45, 2.75) is 0 Å². The third kappa shape index (κ3) is 2.65. The molecule has 104 valence electrons. The van der Waals surface area contributed by atoms with Gasteiger partial charge in [0.2, 0.25) is 5.95 Å². The maximum absolute atomic E-state index is 13.2. The van der Waals surface area contributed by atoms with Crippen LogP contribution in [0.5, 0.6) is 0 Å². The van der Waals surface area contributed by atoms with Crippen molar-refractivity contribution in [3.8, 4) is 0 Å². The molecule has 20 heavy (non-hydrogen) atoms. The Morgan fingerprint density at radius 2 is 1.65 bits per heavy atom. The van der Waals surface area contributed by atoms with E-state index in [-0.39, 0.29) is 10.8 Å². The number of hydrogen-bond acceptors (Lipinski definition) is 5. The SMILES string of the molecule is Fc1ccc(N2CCN(c3ncncn3)CC2)cc1Cl. The van der Waals surface area contributed by atoms with Gasteiger partial charge in [0.25, 0.3) is 0 Å². The standard InChI is InChI=1S/C13H13ClFN5/c14-11-7-10(1-2-12(11)15)19-3-5-20(6-4-19)13-17-8-16-9-18-13/h1-2,7-9H,3-6H2. The molecule has 0 bridgehead atoms. The van der Waals surface area contributed by atoms with E-state index in [4.69, 9.17) is 11.6 Å². The number of hydrogen-bond donors (Lipinski definition) is 0. The van der Waals surface area contributed by atoms with Crippen molar-refractivity contribution in [1.82, 2.24) is 15.0 Å². The van der Waals surface area contributed by atoms with Crippen molar-refractivity contribution in [1.29, 1.82) is 0 Å². The zero-order valence-electron chi connectivity index (χ0n) is 10.7. The van der Waals surface area contributed by atoms with Crippen molar-refractivity contribution in [3.63, 3.8) is 0 Å². The van der Waals surface area contributed by atoms with Crippen LogP contribution in [0.25, 0.3) is 0 Å². The number of halogens is 2. The Morgan fingerprint density at radius 1 is 1.00 bits per heavy atom. The van der Waals surface area contributed by atoms with Gasteiger partial charge >= 0.3 is 0 Å². The number of aromatic nitrogens is 3. The minimum atomic E-state index is -0.390. The van der Waals surface area contributed by atoms with Crippen LogP contribution in [0.15, 0.2) is 30.9 Å². The first-order valence-electron chi connectivity index (χ1n) is 6.31. The van der Waals surface area contributed by atoms with Gasteiger partial charge in [-0.1, -0.05) is 11.6 Å². The van der Waals surface area contributed by atoms with Crippen LogP contribution in [-0.4, -0.2) is 41.1 Å². The highest BCUT2D eigenvalue weighted by Gasteiger charge is 2.19. The van der Waals surface area contributed by atoms with Crippen LogP contribution >= 0.6 is 11.6 Å². The lowest BCUT2D eigenvalue weighted by molar-refractivity contribution is 0.623. The molecule has 1 aliphatic rings.